The number of aromatic nitrogens is 1. The summed E-state index contributed by atoms with van der Waals surface area (Å²) >= 11 is 1.78. The van der Waals surface area contributed by atoms with E-state index in [-0.39, 0.29) is 18.3 Å². The van der Waals surface area contributed by atoms with Crippen molar-refractivity contribution >= 4 is 111 Å². The van der Waals surface area contributed by atoms with Gasteiger partial charge in [0.15, 0.2) is 0 Å². The van der Waals surface area contributed by atoms with E-state index in [1.807, 2.05) is 30.3 Å². The molecule has 0 aliphatic carbocycles. The molecule has 4 heterocycles. The second-order valence-corrected chi connectivity index (χ2v) is 14.3. The van der Waals surface area contributed by atoms with Crippen LogP contribution in [-0.4, -0.2) is 11.3 Å². The molecule has 7 aromatic carbocycles. The Morgan fingerprint density at radius 1 is 0.500 bits per heavy atom. The number of hydrogen-bond donors (Lipinski definition) is 0. The molecular weight excluding hydrogens is 639 g/mol. The van der Waals surface area contributed by atoms with Gasteiger partial charge < -0.3 is 9.47 Å². The molecule has 7 heteroatoms. The van der Waals surface area contributed by atoms with Gasteiger partial charge in [-0.1, -0.05) is 78.9 Å². The van der Waals surface area contributed by atoms with Crippen LogP contribution in [0.4, 0.5) is 43.0 Å². The Kier molecular flexibility index (Phi) is 5.63. The van der Waals surface area contributed by atoms with Crippen LogP contribution in [-0.2, 0) is 7.05 Å². The van der Waals surface area contributed by atoms with Crippen molar-refractivity contribution in [1.29, 1.82) is 0 Å². The molecule has 0 N–H and O–H groups in total. The van der Waals surface area contributed by atoms with Gasteiger partial charge in [0.25, 0.3) is 6.71 Å². The highest BCUT2D eigenvalue weighted by molar-refractivity contribution is 7.26. The summed E-state index contributed by atoms with van der Waals surface area (Å²) in [5.41, 5.74) is 7.98. The monoisotopic (exact) mass is 665 g/mol. The van der Waals surface area contributed by atoms with Gasteiger partial charge >= 0.3 is 0 Å². The van der Waals surface area contributed by atoms with Crippen LogP contribution in [0.3, 0.4) is 0 Å². The lowest BCUT2D eigenvalue weighted by molar-refractivity contribution is 0.628. The van der Waals surface area contributed by atoms with Gasteiger partial charge in [-0.2, -0.15) is 0 Å². The normalized spacial score (nSPS) is 13.4. The first-order chi connectivity index (χ1) is 24.6. The molecule has 3 nitrogen and oxygen atoms in total. The maximum atomic E-state index is 16.0. The minimum Gasteiger partial charge on any atom is -0.330 e. The van der Waals surface area contributed by atoms with Gasteiger partial charge in [0.2, 0.25) is 0 Å². The topological polar surface area (TPSA) is 11.4 Å². The van der Waals surface area contributed by atoms with Crippen LogP contribution in [0.5, 0.6) is 0 Å². The molecular formula is C43H26BF2N3S. The van der Waals surface area contributed by atoms with Crippen molar-refractivity contribution in [1.82, 2.24) is 4.57 Å². The number of para-hydroxylation sites is 3. The Labute approximate surface area is 290 Å². The smallest absolute Gasteiger partial charge is 0.255 e. The number of rotatable bonds is 2. The van der Waals surface area contributed by atoms with Gasteiger partial charge in [-0.25, -0.2) is 8.78 Å². The van der Waals surface area contributed by atoms with E-state index in [0.29, 0.717) is 11.4 Å². The van der Waals surface area contributed by atoms with Crippen molar-refractivity contribution in [3.8, 4) is 0 Å². The van der Waals surface area contributed by atoms with Crippen molar-refractivity contribution in [2.24, 2.45) is 7.05 Å². The highest BCUT2D eigenvalue weighted by Gasteiger charge is 2.46. The maximum Gasteiger partial charge on any atom is 0.255 e. The van der Waals surface area contributed by atoms with Crippen molar-refractivity contribution < 1.29 is 8.78 Å². The maximum absolute atomic E-state index is 16.0. The Hall–Kier alpha value is -5.92. The molecule has 0 saturated heterocycles. The van der Waals surface area contributed by atoms with E-state index in [4.69, 9.17) is 0 Å². The molecule has 0 radical (unpaired) electrons. The first kappa shape index (κ1) is 28.0. The third-order valence-corrected chi connectivity index (χ3v) is 11.8. The van der Waals surface area contributed by atoms with Gasteiger partial charge in [0, 0.05) is 44.4 Å². The SMILES string of the molecule is Cn1c2c(c3ccccc31)B1c3cc4c(cc3N(c3ccccc3F)c3cccc(c31)N2c1ccccc1F)sc1cc2ccccc2cc14. The molecule has 50 heavy (non-hydrogen) atoms. The molecule has 2 aliphatic rings. The molecule has 0 amide bonds. The number of anilines is 6. The molecule has 11 rings (SSSR count). The number of halogens is 2. The summed E-state index contributed by atoms with van der Waals surface area (Å²) < 4.78 is 36.6. The van der Waals surface area contributed by atoms with Gasteiger partial charge in [-0.15, -0.1) is 11.3 Å². The van der Waals surface area contributed by atoms with Crippen LogP contribution in [0, 0.1) is 11.6 Å². The molecule has 0 atom stereocenters. The van der Waals surface area contributed by atoms with Crippen LogP contribution in [0.15, 0.2) is 140 Å². The van der Waals surface area contributed by atoms with E-state index in [2.05, 4.69) is 106 Å². The van der Waals surface area contributed by atoms with Crippen molar-refractivity contribution in [2.45, 2.75) is 0 Å². The summed E-state index contributed by atoms with van der Waals surface area (Å²) in [6, 6.07) is 46.2. The van der Waals surface area contributed by atoms with Crippen LogP contribution in [0.1, 0.15) is 0 Å². The first-order valence-electron chi connectivity index (χ1n) is 16.8. The Balaban J connectivity index is 1.31. The molecule has 0 bridgehead atoms. The molecule has 0 unspecified atom stereocenters. The number of hydrogen-bond acceptors (Lipinski definition) is 3. The predicted octanol–water partition coefficient (Wildman–Crippen LogP) is 10.1. The largest absolute Gasteiger partial charge is 0.330 e. The van der Waals surface area contributed by atoms with E-state index >= 15 is 8.78 Å². The molecule has 2 aliphatic heterocycles. The van der Waals surface area contributed by atoms with Crippen LogP contribution in [0.2, 0.25) is 0 Å². The van der Waals surface area contributed by atoms with E-state index in [0.717, 1.165) is 54.9 Å². The molecule has 236 valence electrons. The number of benzene rings is 7. The second-order valence-electron chi connectivity index (χ2n) is 13.2. The minimum atomic E-state index is -0.305. The van der Waals surface area contributed by atoms with Crippen LogP contribution in [0.25, 0.3) is 41.8 Å². The number of fused-ring (bicyclic) bond motifs is 10. The highest BCUT2D eigenvalue weighted by atomic mass is 32.1. The number of nitrogens with zero attached hydrogens (tertiary/aromatic N) is 3. The minimum absolute atomic E-state index is 0.192. The second kappa shape index (κ2) is 10.1. The zero-order valence-corrected chi connectivity index (χ0v) is 27.7. The van der Waals surface area contributed by atoms with Crippen molar-refractivity contribution in [2.75, 3.05) is 9.80 Å². The number of thiophene rings is 1. The summed E-state index contributed by atoms with van der Waals surface area (Å²) in [5, 5.41) is 5.92. The van der Waals surface area contributed by atoms with Gasteiger partial charge in [0.1, 0.15) is 17.5 Å². The first-order valence-corrected chi connectivity index (χ1v) is 17.6. The fourth-order valence-corrected chi connectivity index (χ4v) is 9.75. The predicted molar refractivity (Wildman–Crippen MR) is 207 cm³/mol. The van der Waals surface area contributed by atoms with Crippen molar-refractivity contribution in [3.63, 3.8) is 0 Å². The van der Waals surface area contributed by atoms with E-state index in [1.165, 1.54) is 38.4 Å². The lowest BCUT2D eigenvalue weighted by atomic mass is 9.33. The average molecular weight is 666 g/mol. The standard InChI is InChI=1S/C43H26BF2N3S/c1-47-33-16-7-4-13-27(33)41-43(47)49(35-18-9-6-15-32(35)46)37-20-10-19-36-42(37)44(41)30-23-29-28-21-25-11-2-3-12-26(25)22-39(28)50-40(29)24-38(30)48(36)34-17-8-5-14-31(34)45/h2-24H,1H3. The van der Waals surface area contributed by atoms with Crippen LogP contribution >= 0.6 is 11.3 Å². The molecule has 0 spiro atoms. The van der Waals surface area contributed by atoms with E-state index < -0.39 is 0 Å². The van der Waals surface area contributed by atoms with Crippen molar-refractivity contribution in [3.05, 3.63) is 151 Å². The molecule has 0 saturated carbocycles. The third-order valence-electron chi connectivity index (χ3n) is 10.7. The zero-order valence-electron chi connectivity index (χ0n) is 26.9. The van der Waals surface area contributed by atoms with E-state index in [9.17, 15) is 0 Å². The quantitative estimate of drug-likeness (QED) is 0.170. The van der Waals surface area contributed by atoms with Gasteiger partial charge in [0.05, 0.1) is 11.4 Å². The third kappa shape index (κ3) is 3.62. The van der Waals surface area contributed by atoms with Crippen LogP contribution < -0.4 is 26.2 Å². The Morgan fingerprint density at radius 3 is 1.84 bits per heavy atom. The summed E-state index contributed by atoms with van der Waals surface area (Å²) in [7, 11) is 2.07. The summed E-state index contributed by atoms with van der Waals surface area (Å²) in [5.74, 6) is 0.322. The lowest BCUT2D eigenvalue weighted by Crippen LogP contribution is -2.61. The Bertz CT molecular complexity index is 2910. The fourth-order valence-electron chi connectivity index (χ4n) is 8.60. The molecule has 2 aromatic heterocycles. The zero-order chi connectivity index (χ0) is 33.2. The molecule has 9 aromatic rings. The summed E-state index contributed by atoms with van der Waals surface area (Å²) in [4.78, 5) is 4.14. The highest BCUT2D eigenvalue weighted by Crippen LogP contribution is 2.48. The Morgan fingerprint density at radius 2 is 1.08 bits per heavy atom. The van der Waals surface area contributed by atoms with Gasteiger partial charge in [-0.3, -0.25) is 4.90 Å². The van der Waals surface area contributed by atoms with Gasteiger partial charge in [-0.05, 0) is 98.6 Å². The lowest BCUT2D eigenvalue weighted by Gasteiger charge is -2.43. The summed E-state index contributed by atoms with van der Waals surface area (Å²) in [6.45, 7) is -0.192. The summed E-state index contributed by atoms with van der Waals surface area (Å²) in [6.07, 6.45) is 0. The fraction of sp³-hybridized carbons (Fsp3) is 0.0233. The average Bonchev–Trinajstić information content (AvgIpc) is 3.64. The van der Waals surface area contributed by atoms with E-state index in [1.54, 1.807) is 23.5 Å². The molecule has 0 fully saturated rings. The number of aryl methyl sites for hydroxylation is 1.